The first-order valence-electron chi connectivity index (χ1n) is 9.64. The van der Waals surface area contributed by atoms with Crippen LogP contribution in [0, 0.1) is 18.8 Å². The molecule has 1 aliphatic heterocycles. The van der Waals surface area contributed by atoms with E-state index in [4.69, 9.17) is 16.0 Å². The van der Waals surface area contributed by atoms with Gasteiger partial charge < -0.3 is 14.6 Å². The monoisotopic (exact) mass is 431 g/mol. The first-order valence-corrected chi connectivity index (χ1v) is 10.0. The molecule has 0 spiro atoms. The van der Waals surface area contributed by atoms with Crippen molar-refractivity contribution in [3.8, 4) is 5.69 Å². The summed E-state index contributed by atoms with van der Waals surface area (Å²) >= 11 is 6.21. The highest BCUT2D eigenvalue weighted by atomic mass is 35.5. The van der Waals surface area contributed by atoms with Crippen molar-refractivity contribution in [1.82, 2.24) is 30.1 Å². The maximum absolute atomic E-state index is 13.2. The predicted molar refractivity (Wildman–Crippen MR) is 105 cm³/mol. The summed E-state index contributed by atoms with van der Waals surface area (Å²) in [6.07, 6.45) is 3.60. The zero-order valence-corrected chi connectivity index (χ0v) is 17.1. The van der Waals surface area contributed by atoms with Crippen molar-refractivity contribution in [3.63, 3.8) is 0 Å². The maximum atomic E-state index is 13.2. The molecular formula is C19H19ClFN7O2. The second-order valence-corrected chi connectivity index (χ2v) is 8.42. The van der Waals surface area contributed by atoms with Crippen LogP contribution in [0.1, 0.15) is 38.0 Å². The van der Waals surface area contributed by atoms with E-state index in [0.717, 1.165) is 25.5 Å². The van der Waals surface area contributed by atoms with Gasteiger partial charge in [-0.2, -0.15) is 4.39 Å². The number of likely N-dealkylation sites (tertiary alicyclic amines) is 1. The highest BCUT2D eigenvalue weighted by Gasteiger charge is 2.62. The first-order chi connectivity index (χ1) is 14.4. The molecular weight excluding hydrogens is 413 g/mol. The fraction of sp³-hybridized carbons (Fsp3) is 0.421. The van der Waals surface area contributed by atoms with Gasteiger partial charge in [0.1, 0.15) is 5.54 Å². The van der Waals surface area contributed by atoms with E-state index >= 15 is 0 Å². The molecule has 1 N–H and O–H groups in total. The summed E-state index contributed by atoms with van der Waals surface area (Å²) in [7, 11) is 0. The summed E-state index contributed by atoms with van der Waals surface area (Å²) in [5.41, 5.74) is 0.327. The Bertz CT molecular complexity index is 1130. The number of carbonyl (C=O) groups excluding carboxylic acids is 1. The number of aryl methyl sites for hydroxylation is 1. The maximum Gasteiger partial charge on any atom is 0.323 e. The molecule has 3 aromatic rings. The normalized spacial score (nSPS) is 25.1. The van der Waals surface area contributed by atoms with Crippen LogP contribution in [0.2, 0.25) is 5.02 Å². The van der Waals surface area contributed by atoms with Gasteiger partial charge in [-0.3, -0.25) is 0 Å². The van der Waals surface area contributed by atoms with E-state index in [0.29, 0.717) is 34.1 Å². The lowest BCUT2D eigenvalue weighted by molar-refractivity contribution is -0.110. The van der Waals surface area contributed by atoms with E-state index in [1.165, 1.54) is 4.68 Å². The Morgan fingerprint density at radius 1 is 1.33 bits per heavy atom. The molecule has 5 rings (SSSR count). The van der Waals surface area contributed by atoms with Crippen LogP contribution in [0.5, 0.6) is 0 Å². The van der Waals surface area contributed by atoms with Gasteiger partial charge in [0.15, 0.2) is 0 Å². The van der Waals surface area contributed by atoms with Gasteiger partial charge in [-0.05, 0) is 37.0 Å². The summed E-state index contributed by atoms with van der Waals surface area (Å²) in [5, 5.41) is 18.5. The molecule has 3 heterocycles. The quantitative estimate of drug-likeness (QED) is 0.678. The summed E-state index contributed by atoms with van der Waals surface area (Å²) < 4.78 is 20.2. The minimum atomic E-state index is -0.722. The third kappa shape index (κ3) is 2.94. The molecule has 2 aromatic heterocycles. The van der Waals surface area contributed by atoms with E-state index in [9.17, 15) is 9.18 Å². The average molecular weight is 432 g/mol. The lowest BCUT2D eigenvalue weighted by Gasteiger charge is -2.61. The van der Waals surface area contributed by atoms with Gasteiger partial charge in [0.25, 0.3) is 5.95 Å². The Labute approximate surface area is 176 Å². The Balaban J connectivity index is 1.43. The smallest absolute Gasteiger partial charge is 0.323 e. The number of hydrogen-bond acceptors (Lipinski definition) is 6. The molecule has 156 valence electrons. The number of fused-ring (bicyclic) bond motifs is 2. The van der Waals surface area contributed by atoms with Gasteiger partial charge in [0, 0.05) is 25.1 Å². The van der Waals surface area contributed by atoms with Crippen LogP contribution in [-0.4, -0.2) is 42.2 Å². The molecule has 1 aromatic carbocycles. The number of benzene rings is 1. The minimum absolute atomic E-state index is 0.108. The molecule has 1 aliphatic carbocycles. The second-order valence-electron chi connectivity index (χ2n) is 8.01. The van der Waals surface area contributed by atoms with E-state index in [1.54, 1.807) is 25.1 Å². The molecule has 2 bridgehead atoms. The summed E-state index contributed by atoms with van der Waals surface area (Å²) in [5.74, 6) is 0.681. The molecule has 0 radical (unpaired) electrons. The number of rotatable bonds is 3. The Morgan fingerprint density at radius 3 is 2.87 bits per heavy atom. The Hall–Kier alpha value is -3.01. The molecule has 1 saturated heterocycles. The number of hydrogen-bond donors (Lipinski definition) is 1. The molecule has 0 unspecified atom stereocenters. The van der Waals surface area contributed by atoms with Crippen molar-refractivity contribution >= 4 is 23.3 Å². The fourth-order valence-electron chi connectivity index (χ4n) is 4.74. The molecule has 1 saturated carbocycles. The molecule has 2 amide bonds. The number of nitrogens with zero attached hydrogens (tertiary/aromatic N) is 6. The van der Waals surface area contributed by atoms with Crippen LogP contribution >= 0.6 is 11.6 Å². The Morgan fingerprint density at radius 2 is 2.17 bits per heavy atom. The molecule has 3 atom stereocenters. The molecule has 9 nitrogen and oxygen atoms in total. The van der Waals surface area contributed by atoms with E-state index in [2.05, 4.69) is 32.7 Å². The number of urea groups is 1. The van der Waals surface area contributed by atoms with Gasteiger partial charge in [-0.15, -0.1) is 10.2 Å². The zero-order chi connectivity index (χ0) is 21.0. The molecule has 2 fully saturated rings. The van der Waals surface area contributed by atoms with Gasteiger partial charge in [0.05, 0.1) is 16.9 Å². The predicted octanol–water partition coefficient (Wildman–Crippen LogP) is 3.68. The summed E-state index contributed by atoms with van der Waals surface area (Å²) in [6, 6.07) is 4.76. The number of piperidine rings is 1. The molecule has 11 heteroatoms. The standard InChI is InChI=1S/C19H19ClFN7O2/c1-10-5-13-8-19(7-10,17-25-23-11(2)30-17)28(13)18(29)22-12-3-4-14(20)15(6-12)27-9-16(21)24-26-27/h3-4,6,9-10,13H,5,7-8H2,1-2H3,(H,22,29)/t10-,13-,19+/m1/s1. The largest absolute Gasteiger partial charge is 0.423 e. The minimum Gasteiger partial charge on any atom is -0.423 e. The van der Waals surface area contributed by atoms with Gasteiger partial charge in [0.2, 0.25) is 11.8 Å². The van der Waals surface area contributed by atoms with Crippen molar-refractivity contribution in [1.29, 1.82) is 0 Å². The van der Waals surface area contributed by atoms with E-state index in [1.807, 2.05) is 4.90 Å². The van der Waals surface area contributed by atoms with E-state index in [-0.39, 0.29) is 12.1 Å². The third-order valence-electron chi connectivity index (χ3n) is 5.81. The lowest BCUT2D eigenvalue weighted by Crippen LogP contribution is -2.70. The summed E-state index contributed by atoms with van der Waals surface area (Å²) in [6.45, 7) is 3.91. The number of carbonyl (C=O) groups is 1. The van der Waals surface area contributed by atoms with Crippen LogP contribution in [0.15, 0.2) is 28.8 Å². The first kappa shape index (κ1) is 19.0. The highest BCUT2D eigenvalue weighted by molar-refractivity contribution is 6.32. The number of amides is 2. The van der Waals surface area contributed by atoms with Crippen LogP contribution in [-0.2, 0) is 5.54 Å². The van der Waals surface area contributed by atoms with Crippen molar-refractivity contribution in [2.45, 2.75) is 44.7 Å². The summed E-state index contributed by atoms with van der Waals surface area (Å²) in [4.78, 5) is 15.0. The van der Waals surface area contributed by atoms with Crippen molar-refractivity contribution in [2.24, 2.45) is 5.92 Å². The number of nitrogens with one attached hydrogen (secondary N) is 1. The SMILES string of the molecule is Cc1nnc([C@]23C[C@H](C)C[C@H](C2)N3C(=O)Nc2ccc(Cl)c(-n3cc(F)nn3)c2)o1. The Kier molecular flexibility index (Phi) is 4.28. The fourth-order valence-corrected chi connectivity index (χ4v) is 4.95. The zero-order valence-electron chi connectivity index (χ0n) is 16.3. The third-order valence-corrected chi connectivity index (χ3v) is 6.13. The number of aromatic nitrogens is 5. The number of anilines is 1. The molecule has 2 aliphatic rings. The van der Waals surface area contributed by atoms with Crippen LogP contribution in [0.3, 0.4) is 0 Å². The van der Waals surface area contributed by atoms with Gasteiger partial charge in [-0.1, -0.05) is 28.8 Å². The van der Waals surface area contributed by atoms with Crippen LogP contribution in [0.4, 0.5) is 14.9 Å². The topological polar surface area (TPSA) is 102 Å². The van der Waals surface area contributed by atoms with Crippen molar-refractivity contribution < 1.29 is 13.6 Å². The second kappa shape index (κ2) is 6.76. The van der Waals surface area contributed by atoms with Gasteiger partial charge in [-0.25, -0.2) is 9.48 Å². The lowest BCUT2D eigenvalue weighted by atomic mass is 9.64. The average Bonchev–Trinajstić information content (AvgIpc) is 3.31. The van der Waals surface area contributed by atoms with E-state index < -0.39 is 11.5 Å². The highest BCUT2D eigenvalue weighted by Crippen LogP contribution is 2.55. The van der Waals surface area contributed by atoms with Crippen LogP contribution in [0.25, 0.3) is 5.69 Å². The van der Waals surface area contributed by atoms with Gasteiger partial charge >= 0.3 is 6.03 Å². The van der Waals surface area contributed by atoms with Crippen LogP contribution < -0.4 is 5.32 Å². The van der Waals surface area contributed by atoms with Crippen molar-refractivity contribution in [3.05, 3.63) is 47.1 Å². The molecule has 30 heavy (non-hydrogen) atoms. The van der Waals surface area contributed by atoms with Crippen molar-refractivity contribution in [2.75, 3.05) is 5.32 Å². The number of halogens is 2.